The molecule has 136 valence electrons. The molecule has 8 heteroatoms. The fraction of sp³-hybridized carbons (Fsp3) is 0.278. The predicted molar refractivity (Wildman–Crippen MR) is 103 cm³/mol. The van der Waals surface area contributed by atoms with Gasteiger partial charge in [-0.25, -0.2) is 0 Å². The summed E-state index contributed by atoms with van der Waals surface area (Å²) in [5, 5.41) is 12.6. The minimum Gasteiger partial charge on any atom is -0.461 e. The fourth-order valence-corrected chi connectivity index (χ4v) is 3.30. The largest absolute Gasteiger partial charge is 0.461 e. The molecule has 0 saturated carbocycles. The molecule has 6 nitrogen and oxygen atoms in total. The number of rotatable bonds is 7. The van der Waals surface area contributed by atoms with Gasteiger partial charge in [-0.1, -0.05) is 42.4 Å². The van der Waals surface area contributed by atoms with Crippen LogP contribution in [-0.4, -0.2) is 32.5 Å². The van der Waals surface area contributed by atoms with Crippen molar-refractivity contribution in [3.8, 4) is 17.3 Å². The Kier molecular flexibility index (Phi) is 6.00. The first kappa shape index (κ1) is 18.5. The molecular weight excluding hydrogens is 372 g/mol. The molecule has 0 fully saturated rings. The van der Waals surface area contributed by atoms with Gasteiger partial charge >= 0.3 is 0 Å². The van der Waals surface area contributed by atoms with E-state index in [1.165, 1.54) is 11.8 Å². The molecule has 3 aromatic rings. The Balaban J connectivity index is 1.91. The molecule has 0 aliphatic carbocycles. The number of thioether (sulfide) groups is 1. The zero-order valence-electron chi connectivity index (χ0n) is 14.5. The van der Waals surface area contributed by atoms with Crippen molar-refractivity contribution >= 4 is 29.3 Å². The maximum atomic E-state index is 12.1. The lowest BCUT2D eigenvalue weighted by atomic mass is 10.3. The summed E-state index contributed by atoms with van der Waals surface area (Å²) >= 11 is 7.68. The van der Waals surface area contributed by atoms with E-state index < -0.39 is 0 Å². The Morgan fingerprint density at radius 2 is 2.12 bits per heavy atom. The molecule has 0 bridgehead atoms. The van der Waals surface area contributed by atoms with Crippen LogP contribution in [0.1, 0.15) is 20.3 Å². The molecule has 2 heterocycles. The van der Waals surface area contributed by atoms with E-state index in [0.29, 0.717) is 21.8 Å². The van der Waals surface area contributed by atoms with Crippen molar-refractivity contribution in [3.05, 3.63) is 47.7 Å². The Labute approximate surface area is 160 Å². The highest BCUT2D eigenvalue weighted by atomic mass is 35.5. The average molecular weight is 391 g/mol. The van der Waals surface area contributed by atoms with Crippen LogP contribution < -0.4 is 5.32 Å². The molecule has 0 aliphatic rings. The molecule has 0 spiro atoms. The van der Waals surface area contributed by atoms with E-state index in [2.05, 4.69) is 15.5 Å². The van der Waals surface area contributed by atoms with Gasteiger partial charge < -0.3 is 9.73 Å². The highest BCUT2D eigenvalue weighted by Crippen LogP contribution is 2.31. The van der Waals surface area contributed by atoms with Crippen LogP contribution in [0.4, 0.5) is 0 Å². The fourth-order valence-electron chi connectivity index (χ4n) is 2.33. The number of para-hydroxylation sites is 1. The highest BCUT2D eigenvalue weighted by Gasteiger charge is 2.20. The molecule has 3 rings (SSSR count). The number of halogens is 1. The number of hydrogen-bond donors (Lipinski definition) is 1. The van der Waals surface area contributed by atoms with Crippen LogP contribution >= 0.6 is 23.4 Å². The number of furan rings is 1. The summed E-state index contributed by atoms with van der Waals surface area (Å²) in [6.07, 6.45) is 2.46. The Bertz CT molecular complexity index is 879. The van der Waals surface area contributed by atoms with Crippen LogP contribution in [-0.2, 0) is 4.79 Å². The number of nitrogens with zero attached hydrogens (tertiary/aromatic N) is 3. The third kappa shape index (κ3) is 4.11. The van der Waals surface area contributed by atoms with Crippen molar-refractivity contribution < 1.29 is 9.21 Å². The van der Waals surface area contributed by atoms with Gasteiger partial charge in [0.15, 0.2) is 10.9 Å². The molecule has 0 radical (unpaired) electrons. The van der Waals surface area contributed by atoms with Crippen LogP contribution in [0.25, 0.3) is 17.3 Å². The van der Waals surface area contributed by atoms with E-state index in [9.17, 15) is 4.79 Å². The van der Waals surface area contributed by atoms with Gasteiger partial charge in [-0.2, -0.15) is 0 Å². The van der Waals surface area contributed by atoms with Crippen molar-refractivity contribution in [3.63, 3.8) is 0 Å². The third-order valence-electron chi connectivity index (χ3n) is 3.82. The Morgan fingerprint density at radius 1 is 1.31 bits per heavy atom. The summed E-state index contributed by atoms with van der Waals surface area (Å²) in [6.45, 7) is 4.01. The zero-order valence-corrected chi connectivity index (χ0v) is 16.0. The molecule has 1 aromatic carbocycles. The maximum absolute atomic E-state index is 12.1. The topological polar surface area (TPSA) is 73.0 Å². The molecular formula is C18H19ClN4O2S. The van der Waals surface area contributed by atoms with Crippen LogP contribution in [0, 0.1) is 0 Å². The lowest BCUT2D eigenvalue weighted by Crippen LogP contribution is -2.33. The first-order valence-corrected chi connectivity index (χ1v) is 9.62. The van der Waals surface area contributed by atoms with E-state index in [1.807, 2.05) is 36.6 Å². The third-order valence-corrected chi connectivity index (χ3v) is 5.07. The number of aromatic nitrogens is 3. The lowest BCUT2D eigenvalue weighted by Gasteiger charge is -2.12. The minimum atomic E-state index is -0.0439. The Hall–Kier alpha value is -2.25. The van der Waals surface area contributed by atoms with Crippen molar-refractivity contribution in [2.24, 2.45) is 0 Å². The van der Waals surface area contributed by atoms with Gasteiger partial charge in [0.2, 0.25) is 11.7 Å². The number of nitrogens with one attached hydrogen (secondary N) is 1. The van der Waals surface area contributed by atoms with Crippen molar-refractivity contribution in [1.82, 2.24) is 20.1 Å². The molecule has 1 atom stereocenters. The van der Waals surface area contributed by atoms with Gasteiger partial charge in [-0.15, -0.1) is 10.2 Å². The van der Waals surface area contributed by atoms with Gasteiger partial charge in [0, 0.05) is 6.04 Å². The van der Waals surface area contributed by atoms with E-state index >= 15 is 0 Å². The van der Waals surface area contributed by atoms with Crippen LogP contribution in [0.2, 0.25) is 5.02 Å². The highest BCUT2D eigenvalue weighted by molar-refractivity contribution is 7.99. The standard InChI is InChI=1S/C18H19ClN4O2S/c1-3-12(2)20-16(24)11-26-18-22-21-17(15-9-6-10-25-15)23(18)14-8-5-4-7-13(14)19/h4-10,12H,3,11H2,1-2H3,(H,20,24). The van der Waals surface area contributed by atoms with E-state index in [1.54, 1.807) is 24.5 Å². The monoisotopic (exact) mass is 390 g/mol. The van der Waals surface area contributed by atoms with Crippen LogP contribution in [0.15, 0.2) is 52.2 Å². The number of benzene rings is 1. The normalized spacial score (nSPS) is 12.1. The summed E-state index contributed by atoms with van der Waals surface area (Å²) in [5.41, 5.74) is 0.732. The molecule has 0 aliphatic heterocycles. The molecule has 1 amide bonds. The SMILES string of the molecule is CCC(C)NC(=O)CSc1nnc(-c2ccco2)n1-c1ccccc1Cl. The summed E-state index contributed by atoms with van der Waals surface area (Å²) < 4.78 is 7.28. The predicted octanol–water partition coefficient (Wildman–Crippen LogP) is 4.19. The number of carbonyl (C=O) groups is 1. The molecule has 26 heavy (non-hydrogen) atoms. The van der Waals surface area contributed by atoms with Crippen LogP contribution in [0.5, 0.6) is 0 Å². The second kappa shape index (κ2) is 8.42. The lowest BCUT2D eigenvalue weighted by molar-refractivity contribution is -0.119. The molecule has 1 unspecified atom stereocenters. The quantitative estimate of drug-likeness (QED) is 0.612. The van der Waals surface area contributed by atoms with E-state index in [4.69, 9.17) is 16.0 Å². The number of carbonyl (C=O) groups excluding carboxylic acids is 1. The van der Waals surface area contributed by atoms with E-state index in [-0.39, 0.29) is 17.7 Å². The van der Waals surface area contributed by atoms with Crippen molar-refractivity contribution in [2.45, 2.75) is 31.5 Å². The maximum Gasteiger partial charge on any atom is 0.230 e. The number of amides is 1. The van der Waals surface area contributed by atoms with Crippen LogP contribution in [0.3, 0.4) is 0 Å². The first-order valence-electron chi connectivity index (χ1n) is 8.26. The van der Waals surface area contributed by atoms with Gasteiger partial charge in [0.05, 0.1) is 22.7 Å². The summed E-state index contributed by atoms with van der Waals surface area (Å²) in [7, 11) is 0. The first-order chi connectivity index (χ1) is 12.6. The second-order valence-electron chi connectivity index (χ2n) is 5.74. The summed E-state index contributed by atoms with van der Waals surface area (Å²) in [5.74, 6) is 1.31. The van der Waals surface area contributed by atoms with Gasteiger partial charge in [-0.3, -0.25) is 9.36 Å². The smallest absolute Gasteiger partial charge is 0.230 e. The summed E-state index contributed by atoms with van der Waals surface area (Å²) in [6, 6.07) is 11.2. The van der Waals surface area contributed by atoms with Gasteiger partial charge in [-0.05, 0) is 37.6 Å². The van der Waals surface area contributed by atoms with E-state index in [0.717, 1.165) is 12.1 Å². The number of hydrogen-bond acceptors (Lipinski definition) is 5. The summed E-state index contributed by atoms with van der Waals surface area (Å²) in [4.78, 5) is 12.1. The molecule has 2 aromatic heterocycles. The second-order valence-corrected chi connectivity index (χ2v) is 7.09. The van der Waals surface area contributed by atoms with Crippen molar-refractivity contribution in [2.75, 3.05) is 5.75 Å². The van der Waals surface area contributed by atoms with Crippen molar-refractivity contribution in [1.29, 1.82) is 0 Å². The van der Waals surface area contributed by atoms with Gasteiger partial charge in [0.1, 0.15) is 0 Å². The Morgan fingerprint density at radius 3 is 2.81 bits per heavy atom. The van der Waals surface area contributed by atoms with Gasteiger partial charge in [0.25, 0.3) is 0 Å². The zero-order chi connectivity index (χ0) is 18.5. The molecule has 0 saturated heterocycles. The minimum absolute atomic E-state index is 0.0439. The average Bonchev–Trinajstić information content (AvgIpc) is 3.29. The molecule has 1 N–H and O–H groups in total.